The number of methoxy groups -OCH3 is 1. The number of hydrogen-bond donors (Lipinski definition) is 1. The lowest BCUT2D eigenvalue weighted by molar-refractivity contribution is -0.185. The Balaban J connectivity index is 1.40. The highest BCUT2D eigenvalue weighted by Crippen LogP contribution is 2.68. The summed E-state index contributed by atoms with van der Waals surface area (Å²) in [4.78, 5) is 25.4. The number of hydrogen-bond acceptors (Lipinski definition) is 6. The van der Waals surface area contributed by atoms with Crippen molar-refractivity contribution in [2.45, 2.75) is 144 Å². The minimum Gasteiger partial charge on any atom is -0.462 e. The lowest BCUT2D eigenvalue weighted by atomic mass is 9.43. The van der Waals surface area contributed by atoms with E-state index in [2.05, 4.69) is 27.7 Å². The van der Waals surface area contributed by atoms with Crippen LogP contribution in [0, 0.1) is 51.8 Å². The molecule has 10 atom stereocenters. The predicted octanol–water partition coefficient (Wildman–Crippen LogP) is 7.35. The molecule has 0 bridgehead atoms. The van der Waals surface area contributed by atoms with E-state index in [1.54, 1.807) is 7.11 Å². The Morgan fingerprint density at radius 1 is 1.00 bits per heavy atom. The van der Waals surface area contributed by atoms with Crippen LogP contribution in [0.1, 0.15) is 126 Å². The van der Waals surface area contributed by atoms with Gasteiger partial charge in [0.15, 0.2) is 0 Å². The van der Waals surface area contributed by atoms with Gasteiger partial charge in [-0.1, -0.05) is 27.7 Å². The largest absolute Gasteiger partial charge is 0.462 e. The zero-order chi connectivity index (χ0) is 30.4. The van der Waals surface area contributed by atoms with Crippen LogP contribution in [0.25, 0.3) is 0 Å². The average Bonchev–Trinajstić information content (AvgIpc) is 3.26. The fourth-order valence-electron chi connectivity index (χ4n) is 9.99. The third kappa shape index (κ3) is 6.26. The molecular weight excluding hydrogens is 516 g/mol. The number of carbonyl (C=O) groups excluding carboxylic acids is 2. The first-order valence-electron chi connectivity index (χ1n) is 16.7. The third-order valence-corrected chi connectivity index (χ3v) is 12.9. The molecule has 4 saturated carbocycles. The quantitative estimate of drug-likeness (QED) is 0.274. The number of ether oxygens (including phenoxy) is 3. The van der Waals surface area contributed by atoms with Crippen LogP contribution in [0.3, 0.4) is 0 Å². The fraction of sp³-hybridized carbons (Fsp3) is 0.943. The maximum Gasteiger partial charge on any atom is 0.311 e. The molecule has 0 aromatic carbocycles. The molecule has 0 aliphatic heterocycles. The van der Waals surface area contributed by atoms with Gasteiger partial charge in [-0.25, -0.2) is 0 Å². The molecule has 41 heavy (non-hydrogen) atoms. The highest BCUT2D eigenvalue weighted by molar-refractivity contribution is 5.76. The summed E-state index contributed by atoms with van der Waals surface area (Å²) in [5.41, 5.74) is -0.929. The normalized spacial score (nSPS) is 39.7. The highest BCUT2D eigenvalue weighted by atomic mass is 16.6. The van der Waals surface area contributed by atoms with Gasteiger partial charge in [0, 0.05) is 13.5 Å². The van der Waals surface area contributed by atoms with Crippen LogP contribution in [0.5, 0.6) is 0 Å². The van der Waals surface area contributed by atoms with Crippen LogP contribution in [-0.4, -0.2) is 48.6 Å². The van der Waals surface area contributed by atoms with Gasteiger partial charge >= 0.3 is 11.9 Å². The Labute approximate surface area is 250 Å². The second-order valence-electron chi connectivity index (χ2n) is 16.2. The Kier molecular flexibility index (Phi) is 9.67. The van der Waals surface area contributed by atoms with E-state index in [1.807, 2.05) is 27.7 Å². The molecule has 0 spiro atoms. The summed E-state index contributed by atoms with van der Waals surface area (Å²) in [6.45, 7) is 17.3. The first kappa shape index (κ1) is 32.8. The average molecular weight is 577 g/mol. The van der Waals surface area contributed by atoms with Crippen molar-refractivity contribution in [3.63, 3.8) is 0 Å². The summed E-state index contributed by atoms with van der Waals surface area (Å²) in [6, 6.07) is 0. The van der Waals surface area contributed by atoms with Gasteiger partial charge in [-0.2, -0.15) is 0 Å². The number of aliphatic hydroxyl groups excluding tert-OH is 1. The number of fused-ring (bicyclic) bond motifs is 5. The van der Waals surface area contributed by atoms with Crippen molar-refractivity contribution < 1.29 is 28.9 Å². The fourth-order valence-corrected chi connectivity index (χ4v) is 9.99. The zero-order valence-electron chi connectivity index (χ0n) is 27.6. The monoisotopic (exact) mass is 576 g/mol. The summed E-state index contributed by atoms with van der Waals surface area (Å²) in [6.07, 6.45) is 10.3. The van der Waals surface area contributed by atoms with Crippen LogP contribution >= 0.6 is 0 Å². The lowest BCUT2D eigenvalue weighted by Crippen LogP contribution is -2.59. The minimum absolute atomic E-state index is 0.0326. The molecule has 6 heteroatoms. The predicted molar refractivity (Wildman–Crippen MR) is 161 cm³/mol. The van der Waals surface area contributed by atoms with E-state index in [1.165, 1.54) is 19.3 Å². The van der Waals surface area contributed by atoms with Gasteiger partial charge in [-0.15, -0.1) is 0 Å². The van der Waals surface area contributed by atoms with E-state index >= 15 is 0 Å². The van der Waals surface area contributed by atoms with Gasteiger partial charge in [-0.3, -0.25) is 9.59 Å². The van der Waals surface area contributed by atoms with Crippen molar-refractivity contribution in [2.75, 3.05) is 13.7 Å². The Hall–Kier alpha value is -1.14. The van der Waals surface area contributed by atoms with Crippen molar-refractivity contribution in [2.24, 2.45) is 51.8 Å². The van der Waals surface area contributed by atoms with E-state index < -0.39 is 11.0 Å². The molecule has 4 aliphatic carbocycles. The molecule has 0 radical (unpaired) electrons. The van der Waals surface area contributed by atoms with E-state index in [9.17, 15) is 14.7 Å². The number of carbonyl (C=O) groups is 2. The van der Waals surface area contributed by atoms with Crippen LogP contribution in [0.2, 0.25) is 0 Å². The standard InChI is InChI=1S/C35H60O6/c1-10-32(3,4)31(38)40-24-17-18-34(7)23(19-24)12-13-25-27-15-14-26(35(27,8)29(36)20-28(25)34)22(2)11-16-30(37)41-33(5,6)21-39-9/h22-29,36H,10-21H2,1-9H3. The second kappa shape index (κ2) is 12.1. The molecular formula is C35H60O6. The molecule has 0 heterocycles. The lowest BCUT2D eigenvalue weighted by Gasteiger charge is -2.62. The summed E-state index contributed by atoms with van der Waals surface area (Å²) >= 11 is 0. The summed E-state index contributed by atoms with van der Waals surface area (Å²) in [5, 5.41) is 11.9. The second-order valence-corrected chi connectivity index (χ2v) is 16.2. The molecule has 0 amide bonds. The SMILES string of the molecule is CCC(C)(C)C(=O)OC1CCC2(C)C(CCC3C2CC(O)C2(C)C(C(C)CCC(=O)OC(C)(C)COC)CCC32)C1. The van der Waals surface area contributed by atoms with Gasteiger partial charge in [-0.05, 0) is 138 Å². The van der Waals surface area contributed by atoms with Crippen molar-refractivity contribution >= 4 is 11.9 Å². The number of aliphatic hydroxyl groups is 1. The van der Waals surface area contributed by atoms with Gasteiger partial charge < -0.3 is 19.3 Å². The van der Waals surface area contributed by atoms with Crippen molar-refractivity contribution in [3.05, 3.63) is 0 Å². The van der Waals surface area contributed by atoms with Crippen molar-refractivity contribution in [1.29, 1.82) is 0 Å². The number of esters is 2. The highest BCUT2D eigenvalue weighted by Gasteiger charge is 2.64. The molecule has 0 aromatic heterocycles. The van der Waals surface area contributed by atoms with Gasteiger partial charge in [0.05, 0.1) is 18.1 Å². The van der Waals surface area contributed by atoms with E-state index in [-0.39, 0.29) is 35.0 Å². The van der Waals surface area contributed by atoms with Gasteiger partial charge in [0.1, 0.15) is 11.7 Å². The molecule has 6 nitrogen and oxygen atoms in total. The molecule has 10 unspecified atom stereocenters. The van der Waals surface area contributed by atoms with E-state index in [4.69, 9.17) is 14.2 Å². The van der Waals surface area contributed by atoms with E-state index in [0.717, 1.165) is 44.9 Å². The van der Waals surface area contributed by atoms with Gasteiger partial charge in [0.25, 0.3) is 0 Å². The minimum atomic E-state index is -0.615. The molecule has 4 fully saturated rings. The zero-order valence-corrected chi connectivity index (χ0v) is 27.6. The van der Waals surface area contributed by atoms with Crippen LogP contribution < -0.4 is 0 Å². The van der Waals surface area contributed by atoms with E-state index in [0.29, 0.717) is 48.5 Å². The van der Waals surface area contributed by atoms with Crippen molar-refractivity contribution in [1.82, 2.24) is 0 Å². The summed E-state index contributed by atoms with van der Waals surface area (Å²) < 4.78 is 17.0. The summed E-state index contributed by atoms with van der Waals surface area (Å²) in [7, 11) is 1.62. The Morgan fingerprint density at radius 2 is 1.71 bits per heavy atom. The third-order valence-electron chi connectivity index (χ3n) is 12.9. The maximum absolute atomic E-state index is 12.8. The van der Waals surface area contributed by atoms with Crippen molar-refractivity contribution in [3.8, 4) is 0 Å². The smallest absolute Gasteiger partial charge is 0.311 e. The Bertz CT molecular complexity index is 943. The molecule has 0 saturated heterocycles. The topological polar surface area (TPSA) is 82.1 Å². The molecule has 4 rings (SSSR count). The summed E-state index contributed by atoms with van der Waals surface area (Å²) in [5.74, 6) is 2.85. The molecule has 0 aromatic rings. The first-order valence-corrected chi connectivity index (χ1v) is 16.7. The number of rotatable bonds is 10. The van der Waals surface area contributed by atoms with Gasteiger partial charge in [0.2, 0.25) is 0 Å². The van der Waals surface area contributed by atoms with Crippen LogP contribution in [0.4, 0.5) is 0 Å². The Morgan fingerprint density at radius 3 is 2.37 bits per heavy atom. The molecule has 1 N–H and O–H groups in total. The first-order chi connectivity index (χ1) is 19.1. The molecule has 236 valence electrons. The molecule has 4 aliphatic rings. The maximum atomic E-state index is 12.8. The van der Waals surface area contributed by atoms with Crippen LogP contribution in [-0.2, 0) is 23.8 Å². The van der Waals surface area contributed by atoms with Crippen LogP contribution in [0.15, 0.2) is 0 Å².